The Bertz CT molecular complexity index is 564. The van der Waals surface area contributed by atoms with E-state index in [0.717, 1.165) is 11.6 Å². The maximum Gasteiger partial charge on any atom is 0.137 e. The number of carbonyl (C=O) groups is 1. The van der Waals surface area contributed by atoms with Crippen molar-refractivity contribution in [2.45, 2.75) is 19.3 Å². The molecule has 0 N–H and O–H groups in total. The summed E-state index contributed by atoms with van der Waals surface area (Å²) < 4.78 is 26.1. The molecule has 3 heteroatoms. The number of aryl methyl sites for hydroxylation is 1. The molecule has 0 saturated heterocycles. The van der Waals surface area contributed by atoms with E-state index in [1.165, 1.54) is 12.1 Å². The zero-order valence-corrected chi connectivity index (χ0v) is 10.4. The lowest BCUT2D eigenvalue weighted by atomic mass is 10.0. The lowest BCUT2D eigenvalue weighted by Crippen LogP contribution is -2.06. The van der Waals surface area contributed by atoms with E-state index in [1.807, 2.05) is 30.3 Å². The largest absolute Gasteiger partial charge is 0.299 e. The fourth-order valence-corrected chi connectivity index (χ4v) is 1.89. The highest BCUT2D eigenvalue weighted by molar-refractivity contribution is 5.81. The molecule has 0 aliphatic heterocycles. The van der Waals surface area contributed by atoms with Gasteiger partial charge in [-0.1, -0.05) is 36.4 Å². The minimum atomic E-state index is -0.659. The van der Waals surface area contributed by atoms with Crippen LogP contribution < -0.4 is 0 Å². The molecule has 2 aromatic rings. The average Bonchev–Trinajstić information content (AvgIpc) is 2.41. The molecule has 0 aliphatic rings. The van der Waals surface area contributed by atoms with Gasteiger partial charge < -0.3 is 0 Å². The van der Waals surface area contributed by atoms with E-state index in [2.05, 4.69) is 0 Å². The third-order valence-corrected chi connectivity index (χ3v) is 2.94. The molecule has 0 spiro atoms. The highest BCUT2D eigenvalue weighted by Crippen LogP contribution is 2.12. The molecular weight excluding hydrogens is 246 g/mol. The van der Waals surface area contributed by atoms with Crippen molar-refractivity contribution in [3.8, 4) is 0 Å². The molecular formula is C16H14F2O. The summed E-state index contributed by atoms with van der Waals surface area (Å²) in [5.41, 5.74) is 1.33. The van der Waals surface area contributed by atoms with Crippen LogP contribution in [-0.4, -0.2) is 5.78 Å². The minimum Gasteiger partial charge on any atom is -0.299 e. The Kier molecular flexibility index (Phi) is 4.39. The fourth-order valence-electron chi connectivity index (χ4n) is 1.89. The molecule has 0 amide bonds. The van der Waals surface area contributed by atoms with Crippen molar-refractivity contribution in [3.05, 3.63) is 71.3 Å². The standard InChI is InChI=1S/C16H14F2O/c17-14-8-7-13(16(18)11-14)10-15(19)9-6-12-4-2-1-3-5-12/h1-5,7-8,11H,6,9-10H2. The monoisotopic (exact) mass is 260 g/mol. The summed E-state index contributed by atoms with van der Waals surface area (Å²) in [5.74, 6) is -1.33. The number of Topliss-reactive ketones (excluding diaryl/α,β-unsaturated/α-hetero) is 1. The zero-order valence-electron chi connectivity index (χ0n) is 10.4. The van der Waals surface area contributed by atoms with Gasteiger partial charge in [-0.3, -0.25) is 4.79 Å². The van der Waals surface area contributed by atoms with Crippen LogP contribution in [-0.2, 0) is 17.6 Å². The molecule has 0 saturated carbocycles. The molecule has 0 unspecified atom stereocenters. The van der Waals surface area contributed by atoms with Gasteiger partial charge in [0, 0.05) is 18.9 Å². The Morgan fingerprint density at radius 1 is 1.00 bits per heavy atom. The van der Waals surface area contributed by atoms with Crippen LogP contribution in [0.5, 0.6) is 0 Å². The summed E-state index contributed by atoms with van der Waals surface area (Å²) in [6.07, 6.45) is 1.02. The third kappa shape index (κ3) is 3.98. The summed E-state index contributed by atoms with van der Waals surface area (Å²) >= 11 is 0. The van der Waals surface area contributed by atoms with Crippen molar-refractivity contribution >= 4 is 5.78 Å². The van der Waals surface area contributed by atoms with Gasteiger partial charge in [0.1, 0.15) is 17.4 Å². The van der Waals surface area contributed by atoms with Crippen LogP contribution in [0.1, 0.15) is 17.5 Å². The molecule has 0 aromatic heterocycles. The molecule has 19 heavy (non-hydrogen) atoms. The smallest absolute Gasteiger partial charge is 0.137 e. The first kappa shape index (κ1) is 13.4. The summed E-state index contributed by atoms with van der Waals surface area (Å²) in [7, 11) is 0. The Hall–Kier alpha value is -2.03. The number of halogens is 2. The van der Waals surface area contributed by atoms with E-state index in [-0.39, 0.29) is 17.8 Å². The second-order valence-corrected chi connectivity index (χ2v) is 4.44. The molecule has 0 aliphatic carbocycles. The quantitative estimate of drug-likeness (QED) is 0.801. The van der Waals surface area contributed by atoms with Gasteiger partial charge in [0.15, 0.2) is 0 Å². The van der Waals surface area contributed by atoms with Gasteiger partial charge in [-0.15, -0.1) is 0 Å². The van der Waals surface area contributed by atoms with E-state index in [9.17, 15) is 13.6 Å². The molecule has 0 bridgehead atoms. The molecule has 0 radical (unpaired) electrons. The highest BCUT2D eigenvalue weighted by Gasteiger charge is 2.09. The van der Waals surface area contributed by atoms with E-state index < -0.39 is 11.6 Å². The van der Waals surface area contributed by atoms with Crippen molar-refractivity contribution < 1.29 is 13.6 Å². The van der Waals surface area contributed by atoms with E-state index in [0.29, 0.717) is 12.8 Å². The number of hydrogen-bond donors (Lipinski definition) is 0. The molecule has 2 rings (SSSR count). The minimum absolute atomic E-state index is 0.0128. The molecule has 0 atom stereocenters. The van der Waals surface area contributed by atoms with Crippen molar-refractivity contribution in [1.29, 1.82) is 0 Å². The van der Waals surface area contributed by atoms with E-state index >= 15 is 0 Å². The summed E-state index contributed by atoms with van der Waals surface area (Å²) in [5, 5.41) is 0. The normalized spacial score (nSPS) is 10.4. The number of benzene rings is 2. The van der Waals surface area contributed by atoms with Crippen LogP contribution in [0.3, 0.4) is 0 Å². The van der Waals surface area contributed by atoms with Gasteiger partial charge in [0.2, 0.25) is 0 Å². The number of ketones is 1. The summed E-state index contributed by atoms with van der Waals surface area (Å²) in [6.45, 7) is 0. The first-order valence-electron chi connectivity index (χ1n) is 6.15. The van der Waals surface area contributed by atoms with Crippen molar-refractivity contribution in [1.82, 2.24) is 0 Å². The van der Waals surface area contributed by atoms with Gasteiger partial charge in [0.25, 0.3) is 0 Å². The van der Waals surface area contributed by atoms with E-state index in [1.54, 1.807) is 0 Å². The van der Waals surface area contributed by atoms with Crippen LogP contribution in [0.15, 0.2) is 48.5 Å². The second kappa shape index (κ2) is 6.23. The van der Waals surface area contributed by atoms with Crippen molar-refractivity contribution in [3.63, 3.8) is 0 Å². The lowest BCUT2D eigenvalue weighted by molar-refractivity contribution is -0.118. The van der Waals surface area contributed by atoms with Crippen LogP contribution in [0.4, 0.5) is 8.78 Å². The van der Waals surface area contributed by atoms with Crippen LogP contribution in [0, 0.1) is 11.6 Å². The van der Waals surface area contributed by atoms with E-state index in [4.69, 9.17) is 0 Å². The SMILES string of the molecule is O=C(CCc1ccccc1)Cc1ccc(F)cc1F. The van der Waals surface area contributed by atoms with Gasteiger partial charge >= 0.3 is 0 Å². The molecule has 1 nitrogen and oxygen atoms in total. The van der Waals surface area contributed by atoms with Gasteiger partial charge in [-0.25, -0.2) is 8.78 Å². The van der Waals surface area contributed by atoms with Crippen LogP contribution >= 0.6 is 0 Å². The maximum atomic E-state index is 13.4. The molecule has 0 fully saturated rings. The third-order valence-electron chi connectivity index (χ3n) is 2.94. The Morgan fingerprint density at radius 2 is 1.74 bits per heavy atom. The van der Waals surface area contributed by atoms with Gasteiger partial charge in [0.05, 0.1) is 0 Å². The molecule has 2 aromatic carbocycles. The Balaban J connectivity index is 1.91. The lowest BCUT2D eigenvalue weighted by Gasteiger charge is -2.03. The average molecular weight is 260 g/mol. The predicted molar refractivity (Wildman–Crippen MR) is 69.8 cm³/mol. The molecule has 0 heterocycles. The number of carbonyl (C=O) groups excluding carboxylic acids is 1. The van der Waals surface area contributed by atoms with Gasteiger partial charge in [-0.05, 0) is 23.6 Å². The van der Waals surface area contributed by atoms with Crippen LogP contribution in [0.2, 0.25) is 0 Å². The first-order valence-corrected chi connectivity index (χ1v) is 6.15. The van der Waals surface area contributed by atoms with Crippen molar-refractivity contribution in [2.75, 3.05) is 0 Å². The van der Waals surface area contributed by atoms with Crippen LogP contribution in [0.25, 0.3) is 0 Å². The molecule has 98 valence electrons. The highest BCUT2D eigenvalue weighted by atomic mass is 19.1. The topological polar surface area (TPSA) is 17.1 Å². The Labute approximate surface area is 110 Å². The first-order chi connectivity index (χ1) is 9.15. The number of hydrogen-bond acceptors (Lipinski definition) is 1. The Morgan fingerprint density at radius 3 is 2.42 bits per heavy atom. The summed E-state index contributed by atoms with van der Waals surface area (Å²) in [6, 6.07) is 12.9. The summed E-state index contributed by atoms with van der Waals surface area (Å²) in [4.78, 5) is 11.8. The number of rotatable bonds is 5. The zero-order chi connectivity index (χ0) is 13.7. The van der Waals surface area contributed by atoms with Gasteiger partial charge in [-0.2, -0.15) is 0 Å². The second-order valence-electron chi connectivity index (χ2n) is 4.44. The predicted octanol–water partition coefficient (Wildman–Crippen LogP) is 3.71. The fraction of sp³-hybridized carbons (Fsp3) is 0.188. The van der Waals surface area contributed by atoms with Crippen molar-refractivity contribution in [2.24, 2.45) is 0 Å². The maximum absolute atomic E-state index is 13.4.